The molecule has 0 aromatic heterocycles. The van der Waals surface area contributed by atoms with E-state index >= 15 is 0 Å². The molecule has 2 aliphatic rings. The van der Waals surface area contributed by atoms with Crippen molar-refractivity contribution in [1.29, 1.82) is 0 Å². The third-order valence-corrected chi connectivity index (χ3v) is 6.75. The van der Waals surface area contributed by atoms with Crippen LogP contribution in [-0.2, 0) is 9.59 Å². The first-order valence-electron chi connectivity index (χ1n) is 10.6. The lowest BCUT2D eigenvalue weighted by molar-refractivity contribution is -0.122. The third-order valence-electron chi connectivity index (χ3n) is 5.43. The second-order valence-electron chi connectivity index (χ2n) is 7.73. The summed E-state index contributed by atoms with van der Waals surface area (Å²) >= 11 is 7.51. The van der Waals surface area contributed by atoms with Gasteiger partial charge in [0.1, 0.15) is 6.54 Å². The maximum atomic E-state index is 13.2. The molecule has 0 spiro atoms. The Hall–Kier alpha value is -2.50. The minimum absolute atomic E-state index is 0.00232. The first-order chi connectivity index (χ1) is 15.1. The standard InChI is InChI=1S/C25H25ClN2O2S/c26-20-10-6-9-19(15-20)16-23-25(30)28(21-11-4-5-12-22(21)31-23)17-24(29)27-14-13-18-7-2-1-3-8-18/h4-7,9-12,15-16H,1-3,8,13-14,17H2,(H,27,29)/b23-16+. The number of nitrogens with zero attached hydrogens (tertiary/aromatic N) is 1. The maximum Gasteiger partial charge on any atom is 0.265 e. The number of para-hydroxylation sites is 1. The van der Waals surface area contributed by atoms with Crippen LogP contribution in [0.3, 0.4) is 0 Å². The first-order valence-corrected chi connectivity index (χ1v) is 11.8. The van der Waals surface area contributed by atoms with Gasteiger partial charge >= 0.3 is 0 Å². The molecule has 1 N–H and O–H groups in total. The third kappa shape index (κ3) is 5.60. The molecule has 0 radical (unpaired) electrons. The average Bonchev–Trinajstić information content (AvgIpc) is 2.77. The van der Waals surface area contributed by atoms with Crippen LogP contribution < -0.4 is 10.2 Å². The Balaban J connectivity index is 1.48. The number of carbonyl (C=O) groups is 2. The lowest BCUT2D eigenvalue weighted by atomic mass is 9.97. The summed E-state index contributed by atoms with van der Waals surface area (Å²) in [5.41, 5.74) is 3.05. The number of amides is 2. The van der Waals surface area contributed by atoms with Gasteiger partial charge in [0, 0.05) is 16.5 Å². The lowest BCUT2D eigenvalue weighted by Gasteiger charge is -2.29. The molecule has 1 aliphatic heterocycles. The monoisotopic (exact) mass is 452 g/mol. The summed E-state index contributed by atoms with van der Waals surface area (Å²) in [7, 11) is 0. The molecular formula is C25H25ClN2O2S. The highest BCUT2D eigenvalue weighted by Crippen LogP contribution is 2.42. The van der Waals surface area contributed by atoms with Crippen molar-refractivity contribution in [3.05, 3.63) is 75.7 Å². The van der Waals surface area contributed by atoms with E-state index in [9.17, 15) is 9.59 Å². The molecule has 2 amide bonds. The first kappa shape index (κ1) is 21.7. The van der Waals surface area contributed by atoms with Crippen LogP contribution in [0.4, 0.5) is 5.69 Å². The molecule has 0 fully saturated rings. The lowest BCUT2D eigenvalue weighted by Crippen LogP contribution is -2.43. The van der Waals surface area contributed by atoms with Gasteiger partial charge in [0.25, 0.3) is 5.91 Å². The van der Waals surface area contributed by atoms with Crippen LogP contribution in [0.2, 0.25) is 5.02 Å². The number of rotatable bonds is 6. The fraction of sp³-hybridized carbons (Fsp3) is 0.280. The molecule has 1 heterocycles. The van der Waals surface area contributed by atoms with Crippen molar-refractivity contribution in [2.24, 2.45) is 0 Å². The van der Waals surface area contributed by atoms with Crippen molar-refractivity contribution in [3.63, 3.8) is 0 Å². The van der Waals surface area contributed by atoms with E-state index in [2.05, 4.69) is 11.4 Å². The topological polar surface area (TPSA) is 49.4 Å². The molecule has 4 nitrogen and oxygen atoms in total. The van der Waals surface area contributed by atoms with Crippen molar-refractivity contribution < 1.29 is 9.59 Å². The van der Waals surface area contributed by atoms with Crippen LogP contribution in [0.5, 0.6) is 0 Å². The molecule has 2 aromatic carbocycles. The molecule has 4 rings (SSSR count). The van der Waals surface area contributed by atoms with Gasteiger partial charge in [-0.3, -0.25) is 14.5 Å². The van der Waals surface area contributed by atoms with Crippen molar-refractivity contribution in [2.45, 2.75) is 37.0 Å². The van der Waals surface area contributed by atoms with Crippen LogP contribution in [0.1, 0.15) is 37.7 Å². The molecule has 6 heteroatoms. The van der Waals surface area contributed by atoms with Crippen LogP contribution >= 0.6 is 23.4 Å². The minimum Gasteiger partial charge on any atom is -0.354 e. The molecule has 0 saturated heterocycles. The summed E-state index contributed by atoms with van der Waals surface area (Å²) in [5.74, 6) is -0.317. The number of hydrogen-bond acceptors (Lipinski definition) is 3. The van der Waals surface area contributed by atoms with Crippen molar-refractivity contribution in [1.82, 2.24) is 5.32 Å². The zero-order valence-corrected chi connectivity index (χ0v) is 18.8. The van der Waals surface area contributed by atoms with Gasteiger partial charge in [0.05, 0.1) is 10.6 Å². The Labute approximate surface area is 192 Å². The van der Waals surface area contributed by atoms with E-state index in [0.29, 0.717) is 16.5 Å². The Morgan fingerprint density at radius 1 is 1.16 bits per heavy atom. The SMILES string of the molecule is O=C(CN1C(=O)/C(=C\c2cccc(Cl)c2)Sc2ccccc21)NCCC1=CCCCC1. The van der Waals surface area contributed by atoms with Gasteiger partial charge in [-0.05, 0) is 68.0 Å². The van der Waals surface area contributed by atoms with Gasteiger partial charge in [-0.2, -0.15) is 0 Å². The Morgan fingerprint density at radius 3 is 2.84 bits per heavy atom. The number of allylic oxidation sites excluding steroid dienone is 1. The van der Waals surface area contributed by atoms with Gasteiger partial charge in [-0.15, -0.1) is 0 Å². The van der Waals surface area contributed by atoms with Crippen LogP contribution in [0, 0.1) is 0 Å². The summed E-state index contributed by atoms with van der Waals surface area (Å²) in [5, 5.41) is 3.60. The van der Waals surface area contributed by atoms with Gasteiger partial charge < -0.3 is 5.32 Å². The molecule has 2 aromatic rings. The fourth-order valence-corrected chi connectivity index (χ4v) is 5.12. The highest BCUT2D eigenvalue weighted by Gasteiger charge is 2.30. The smallest absolute Gasteiger partial charge is 0.265 e. The summed E-state index contributed by atoms with van der Waals surface area (Å²) < 4.78 is 0. The average molecular weight is 453 g/mol. The quantitative estimate of drug-likeness (QED) is 0.443. The zero-order valence-electron chi connectivity index (χ0n) is 17.3. The molecule has 0 bridgehead atoms. The number of thioether (sulfide) groups is 1. The number of benzene rings is 2. The van der Waals surface area contributed by atoms with Crippen LogP contribution in [-0.4, -0.2) is 24.9 Å². The van der Waals surface area contributed by atoms with E-state index in [0.717, 1.165) is 35.4 Å². The normalized spacial score (nSPS) is 17.3. The molecule has 160 valence electrons. The predicted octanol–water partition coefficient (Wildman–Crippen LogP) is 5.83. The van der Waals surface area contributed by atoms with E-state index in [-0.39, 0.29) is 18.4 Å². The number of fused-ring (bicyclic) bond motifs is 1. The van der Waals surface area contributed by atoms with Gasteiger partial charge in [-0.1, -0.05) is 59.3 Å². The number of nitrogens with one attached hydrogen (secondary N) is 1. The van der Waals surface area contributed by atoms with Gasteiger partial charge in [-0.25, -0.2) is 0 Å². The molecular weight excluding hydrogens is 428 g/mol. The van der Waals surface area contributed by atoms with E-state index in [1.165, 1.54) is 30.2 Å². The highest BCUT2D eigenvalue weighted by molar-refractivity contribution is 8.04. The maximum absolute atomic E-state index is 13.2. The summed E-state index contributed by atoms with van der Waals surface area (Å²) in [6, 6.07) is 15.1. The molecule has 0 saturated carbocycles. The second-order valence-corrected chi connectivity index (χ2v) is 9.25. The van der Waals surface area contributed by atoms with Crippen LogP contribution in [0.15, 0.2) is 70.0 Å². The number of hydrogen-bond donors (Lipinski definition) is 1. The van der Waals surface area contributed by atoms with Crippen molar-refractivity contribution in [2.75, 3.05) is 18.0 Å². The van der Waals surface area contributed by atoms with Crippen molar-refractivity contribution in [3.8, 4) is 0 Å². The van der Waals surface area contributed by atoms with Gasteiger partial charge in [0.15, 0.2) is 0 Å². The number of halogens is 1. The molecule has 31 heavy (non-hydrogen) atoms. The molecule has 0 atom stereocenters. The van der Waals surface area contributed by atoms with Gasteiger partial charge in [0.2, 0.25) is 5.91 Å². The number of carbonyl (C=O) groups excluding carboxylic acids is 2. The summed E-state index contributed by atoms with van der Waals surface area (Å²) in [4.78, 5) is 29.0. The van der Waals surface area contributed by atoms with Crippen LogP contribution in [0.25, 0.3) is 6.08 Å². The predicted molar refractivity (Wildman–Crippen MR) is 128 cm³/mol. The fourth-order valence-electron chi connectivity index (χ4n) is 3.86. The van der Waals surface area contributed by atoms with E-state index < -0.39 is 0 Å². The molecule has 0 unspecified atom stereocenters. The number of anilines is 1. The highest BCUT2D eigenvalue weighted by atomic mass is 35.5. The summed E-state index contributed by atoms with van der Waals surface area (Å²) in [6.45, 7) is 0.608. The second kappa shape index (κ2) is 10.2. The van der Waals surface area contributed by atoms with E-state index in [1.54, 1.807) is 11.0 Å². The molecule has 1 aliphatic carbocycles. The Morgan fingerprint density at radius 2 is 2.03 bits per heavy atom. The Bertz CT molecular complexity index is 1050. The largest absolute Gasteiger partial charge is 0.354 e. The minimum atomic E-state index is -0.172. The van der Waals surface area contributed by atoms with E-state index in [1.807, 2.05) is 48.5 Å². The Kier molecular flexibility index (Phi) is 7.15. The zero-order chi connectivity index (χ0) is 21.6. The van der Waals surface area contributed by atoms with E-state index in [4.69, 9.17) is 11.6 Å². The van der Waals surface area contributed by atoms with Crippen molar-refractivity contribution >= 4 is 46.9 Å². The summed E-state index contributed by atoms with van der Waals surface area (Å²) in [6.07, 6.45) is 9.77.